The molecule has 2 aromatic carbocycles. The Kier molecular flexibility index (Phi) is 6.02. The van der Waals surface area contributed by atoms with E-state index in [2.05, 4.69) is 5.32 Å². The summed E-state index contributed by atoms with van der Waals surface area (Å²) in [5.41, 5.74) is 1.47. The van der Waals surface area contributed by atoms with E-state index in [0.717, 1.165) is 18.4 Å². The molecule has 1 aliphatic heterocycles. The van der Waals surface area contributed by atoms with Gasteiger partial charge in [0, 0.05) is 18.7 Å². The second kappa shape index (κ2) is 8.63. The van der Waals surface area contributed by atoms with E-state index in [1.54, 1.807) is 29.2 Å². The lowest BCUT2D eigenvalue weighted by Gasteiger charge is -2.34. The molecule has 3 rings (SSSR count). The van der Waals surface area contributed by atoms with Crippen LogP contribution < -0.4 is 5.32 Å². The molecule has 1 heterocycles. The first-order valence-electron chi connectivity index (χ1n) is 8.99. The Bertz CT molecular complexity index is 725. The van der Waals surface area contributed by atoms with Crippen molar-refractivity contribution in [2.45, 2.75) is 18.9 Å². The summed E-state index contributed by atoms with van der Waals surface area (Å²) in [6.45, 7) is 1.21. The highest BCUT2D eigenvalue weighted by Gasteiger charge is 2.28. The third-order valence-electron chi connectivity index (χ3n) is 4.92. The zero-order valence-corrected chi connectivity index (χ0v) is 14.7. The van der Waals surface area contributed by atoms with Crippen molar-refractivity contribution in [1.82, 2.24) is 10.2 Å². The Labute approximate surface area is 153 Å². The van der Waals surface area contributed by atoms with E-state index in [4.69, 9.17) is 0 Å². The molecule has 0 bridgehead atoms. The predicted molar refractivity (Wildman–Crippen MR) is 99.5 cm³/mol. The Balaban J connectivity index is 1.46. The first-order chi connectivity index (χ1) is 12.6. The van der Waals surface area contributed by atoms with Crippen molar-refractivity contribution in [3.63, 3.8) is 0 Å². The lowest BCUT2D eigenvalue weighted by molar-refractivity contribution is -0.132. The molecule has 26 heavy (non-hydrogen) atoms. The lowest BCUT2D eigenvalue weighted by atomic mass is 9.87. The van der Waals surface area contributed by atoms with Crippen LogP contribution in [0.1, 0.15) is 34.9 Å². The van der Waals surface area contributed by atoms with Gasteiger partial charge in [0.15, 0.2) is 0 Å². The van der Waals surface area contributed by atoms with Gasteiger partial charge in [-0.05, 0) is 36.5 Å². The van der Waals surface area contributed by atoms with Gasteiger partial charge in [0.2, 0.25) is 5.91 Å². The van der Waals surface area contributed by atoms with Gasteiger partial charge >= 0.3 is 0 Å². The highest BCUT2D eigenvalue weighted by molar-refractivity contribution is 5.96. The minimum Gasteiger partial charge on any atom is -0.388 e. The number of carbonyl (C=O) groups is 2. The fraction of sp³-hybridized carbons (Fsp3) is 0.333. The van der Waals surface area contributed by atoms with Gasteiger partial charge in [-0.3, -0.25) is 9.59 Å². The molecule has 1 saturated heterocycles. The first kappa shape index (κ1) is 18.1. The zero-order chi connectivity index (χ0) is 18.4. The maximum Gasteiger partial charge on any atom is 0.251 e. The minimum absolute atomic E-state index is 0.000364. The van der Waals surface area contributed by atoms with Crippen molar-refractivity contribution >= 4 is 11.8 Å². The Morgan fingerprint density at radius 1 is 1.00 bits per heavy atom. The molecule has 0 aliphatic carbocycles. The average Bonchev–Trinajstić information content (AvgIpc) is 2.72. The average molecular weight is 352 g/mol. The van der Waals surface area contributed by atoms with E-state index in [0.29, 0.717) is 18.7 Å². The van der Waals surface area contributed by atoms with Crippen LogP contribution in [-0.4, -0.2) is 41.5 Å². The van der Waals surface area contributed by atoms with Crippen molar-refractivity contribution in [2.24, 2.45) is 5.92 Å². The number of aliphatic hydroxyl groups is 1. The van der Waals surface area contributed by atoms with Crippen LogP contribution in [-0.2, 0) is 4.79 Å². The molecule has 1 aliphatic rings. The summed E-state index contributed by atoms with van der Waals surface area (Å²) in [5, 5.41) is 13.2. The minimum atomic E-state index is -0.494. The lowest BCUT2D eigenvalue weighted by Crippen LogP contribution is -2.44. The van der Waals surface area contributed by atoms with Gasteiger partial charge in [-0.2, -0.15) is 0 Å². The molecule has 0 aromatic heterocycles. The zero-order valence-electron chi connectivity index (χ0n) is 14.7. The molecular weight excluding hydrogens is 328 g/mol. The number of nitrogens with zero attached hydrogens (tertiary/aromatic N) is 1. The molecule has 5 nitrogen and oxygen atoms in total. The predicted octanol–water partition coefficient (Wildman–Crippen LogP) is 2.39. The summed E-state index contributed by atoms with van der Waals surface area (Å²) < 4.78 is 0. The molecule has 1 fully saturated rings. The number of amides is 2. The van der Waals surface area contributed by atoms with E-state index in [9.17, 15) is 14.7 Å². The van der Waals surface area contributed by atoms with Gasteiger partial charge in [0.05, 0.1) is 12.6 Å². The number of rotatable bonds is 5. The molecule has 0 saturated carbocycles. The molecule has 0 spiro atoms. The van der Waals surface area contributed by atoms with E-state index in [-0.39, 0.29) is 24.3 Å². The Morgan fingerprint density at radius 2 is 1.58 bits per heavy atom. The summed E-state index contributed by atoms with van der Waals surface area (Å²) in [5.74, 6) is -0.171. The summed E-state index contributed by atoms with van der Waals surface area (Å²) in [4.78, 5) is 26.1. The first-order valence-corrected chi connectivity index (χ1v) is 8.99. The molecular formula is C21H24N2O3. The van der Waals surface area contributed by atoms with Crippen LogP contribution in [0.25, 0.3) is 0 Å². The fourth-order valence-corrected chi connectivity index (χ4v) is 3.35. The van der Waals surface area contributed by atoms with Crippen molar-refractivity contribution in [2.75, 3.05) is 19.6 Å². The summed E-state index contributed by atoms with van der Waals surface area (Å²) in [6, 6.07) is 18.5. The number of benzene rings is 2. The number of piperidine rings is 1. The van der Waals surface area contributed by atoms with Gasteiger partial charge in [-0.15, -0.1) is 0 Å². The number of aliphatic hydroxyl groups excluding tert-OH is 1. The van der Waals surface area contributed by atoms with Crippen molar-refractivity contribution in [1.29, 1.82) is 0 Å². The summed E-state index contributed by atoms with van der Waals surface area (Å²) in [6.07, 6.45) is 1.02. The third-order valence-corrected chi connectivity index (χ3v) is 4.92. The van der Waals surface area contributed by atoms with E-state index in [1.165, 1.54) is 0 Å². The fourth-order valence-electron chi connectivity index (χ4n) is 3.35. The van der Waals surface area contributed by atoms with Crippen molar-refractivity contribution < 1.29 is 14.7 Å². The number of hydrogen-bond donors (Lipinski definition) is 2. The highest BCUT2D eigenvalue weighted by Crippen LogP contribution is 2.30. The van der Waals surface area contributed by atoms with Crippen LogP contribution in [0.2, 0.25) is 0 Å². The largest absolute Gasteiger partial charge is 0.388 e. The maximum atomic E-state index is 12.3. The molecule has 1 atom stereocenters. The molecule has 1 unspecified atom stereocenters. The number of likely N-dealkylation sites (tertiary alicyclic amines) is 1. The van der Waals surface area contributed by atoms with Crippen LogP contribution in [0.5, 0.6) is 0 Å². The van der Waals surface area contributed by atoms with Crippen molar-refractivity contribution in [3.8, 4) is 0 Å². The van der Waals surface area contributed by atoms with Crippen LogP contribution in [0.4, 0.5) is 0 Å². The topological polar surface area (TPSA) is 69.6 Å². The Hall–Kier alpha value is -2.66. The standard InChI is InChI=1S/C21H24N2O3/c24-19(15-22-21(26)18-9-5-2-6-10-18)23-13-11-17(12-14-23)20(25)16-7-3-1-4-8-16/h1-10,17,20,25H,11-15H2,(H,22,26). The van der Waals surface area contributed by atoms with Gasteiger partial charge < -0.3 is 15.3 Å². The number of hydrogen-bond acceptors (Lipinski definition) is 3. The van der Waals surface area contributed by atoms with Gasteiger partial charge in [-0.1, -0.05) is 48.5 Å². The van der Waals surface area contributed by atoms with E-state index >= 15 is 0 Å². The Morgan fingerprint density at radius 3 is 2.19 bits per heavy atom. The molecule has 0 radical (unpaired) electrons. The van der Waals surface area contributed by atoms with Crippen molar-refractivity contribution in [3.05, 3.63) is 71.8 Å². The van der Waals surface area contributed by atoms with Gasteiger partial charge in [-0.25, -0.2) is 0 Å². The smallest absolute Gasteiger partial charge is 0.251 e. The number of nitrogens with one attached hydrogen (secondary N) is 1. The quantitative estimate of drug-likeness (QED) is 0.868. The second-order valence-electron chi connectivity index (χ2n) is 6.62. The molecule has 2 aromatic rings. The van der Waals surface area contributed by atoms with Crippen LogP contribution in [0.15, 0.2) is 60.7 Å². The van der Waals surface area contributed by atoms with E-state index in [1.807, 2.05) is 36.4 Å². The van der Waals surface area contributed by atoms with Gasteiger partial charge in [0.25, 0.3) is 5.91 Å². The second-order valence-corrected chi connectivity index (χ2v) is 6.62. The monoisotopic (exact) mass is 352 g/mol. The molecule has 2 amide bonds. The maximum absolute atomic E-state index is 12.3. The molecule has 5 heteroatoms. The molecule has 136 valence electrons. The normalized spacial score (nSPS) is 16.1. The molecule has 2 N–H and O–H groups in total. The highest BCUT2D eigenvalue weighted by atomic mass is 16.3. The third kappa shape index (κ3) is 4.49. The van der Waals surface area contributed by atoms with E-state index < -0.39 is 6.10 Å². The van der Waals surface area contributed by atoms with Crippen LogP contribution in [0, 0.1) is 5.92 Å². The summed E-state index contributed by atoms with van der Waals surface area (Å²) >= 11 is 0. The number of carbonyl (C=O) groups excluding carboxylic acids is 2. The van der Waals surface area contributed by atoms with Crippen LogP contribution in [0.3, 0.4) is 0 Å². The SMILES string of the molecule is O=C(NCC(=O)N1CCC(C(O)c2ccccc2)CC1)c1ccccc1. The van der Waals surface area contributed by atoms with Gasteiger partial charge in [0.1, 0.15) is 0 Å². The summed E-state index contributed by atoms with van der Waals surface area (Å²) in [7, 11) is 0. The van der Waals surface area contributed by atoms with Crippen LogP contribution >= 0.6 is 0 Å².